The second kappa shape index (κ2) is 21.8. The minimum Gasteiger partial charge on any atom is -0.344 e. The van der Waals surface area contributed by atoms with Gasteiger partial charge < -0.3 is 9.80 Å². The highest BCUT2D eigenvalue weighted by Crippen LogP contribution is 2.12. The Morgan fingerprint density at radius 1 is 0.690 bits per heavy atom. The van der Waals surface area contributed by atoms with Crippen molar-refractivity contribution < 1.29 is 14.1 Å². The van der Waals surface area contributed by atoms with Gasteiger partial charge in [-0.1, -0.05) is 91.4 Å². The largest absolute Gasteiger partial charge is 0.344 e. The van der Waals surface area contributed by atoms with Gasteiger partial charge in [0.1, 0.15) is 0 Å². The standard InChI is InChI=1S/C23H46N2O2.C2H6/c1-5-8-9-10-11-12-13-14-15-16-17-18-19-22(26)23(27)24-20-21-25(4,6-2)7-3;1-2/h5-21H2,1-4H3;1-2H3/p+1. The maximum Gasteiger partial charge on any atom is 0.287 e. The fourth-order valence-electron chi connectivity index (χ4n) is 3.32. The number of likely N-dealkylation sites (N-methyl/N-ethyl adjacent to an activating group) is 1. The number of quaternary nitrogens is 1. The summed E-state index contributed by atoms with van der Waals surface area (Å²) < 4.78 is 0.924. The number of Topliss-reactive ketones (excluding diaryl/α,β-unsaturated/α-hetero) is 1. The van der Waals surface area contributed by atoms with Crippen LogP contribution in [0.3, 0.4) is 0 Å². The van der Waals surface area contributed by atoms with Gasteiger partial charge in [0.05, 0.1) is 33.2 Å². The quantitative estimate of drug-likeness (QED) is 0.154. The molecule has 0 aromatic rings. The Kier molecular flexibility index (Phi) is 22.8. The Balaban J connectivity index is 0. The number of nitrogens with one attached hydrogen (secondary N) is 1. The molecule has 0 aliphatic heterocycles. The predicted molar refractivity (Wildman–Crippen MR) is 127 cm³/mol. The van der Waals surface area contributed by atoms with Crippen LogP contribution in [0.25, 0.3) is 0 Å². The van der Waals surface area contributed by atoms with E-state index in [-0.39, 0.29) is 5.78 Å². The van der Waals surface area contributed by atoms with Crippen molar-refractivity contribution in [1.82, 2.24) is 5.32 Å². The third-order valence-electron chi connectivity index (χ3n) is 5.97. The molecule has 0 saturated heterocycles. The van der Waals surface area contributed by atoms with Crippen LogP contribution < -0.4 is 5.32 Å². The molecule has 0 spiro atoms. The van der Waals surface area contributed by atoms with Crippen LogP contribution in [-0.2, 0) is 9.59 Å². The van der Waals surface area contributed by atoms with E-state index in [1.54, 1.807) is 0 Å². The van der Waals surface area contributed by atoms with Crippen molar-refractivity contribution in [1.29, 1.82) is 0 Å². The molecular weight excluding hydrogens is 360 g/mol. The molecule has 0 saturated carbocycles. The molecule has 29 heavy (non-hydrogen) atoms. The van der Waals surface area contributed by atoms with Gasteiger partial charge >= 0.3 is 0 Å². The van der Waals surface area contributed by atoms with E-state index in [1.807, 2.05) is 13.8 Å². The lowest BCUT2D eigenvalue weighted by molar-refractivity contribution is -0.904. The maximum absolute atomic E-state index is 11.9. The summed E-state index contributed by atoms with van der Waals surface area (Å²) in [5, 5.41) is 2.80. The molecule has 4 heteroatoms. The highest BCUT2D eigenvalue weighted by Gasteiger charge is 2.18. The van der Waals surface area contributed by atoms with Crippen LogP contribution in [0.2, 0.25) is 0 Å². The summed E-state index contributed by atoms with van der Waals surface area (Å²) in [6.45, 7) is 14.1. The molecule has 174 valence electrons. The van der Waals surface area contributed by atoms with E-state index in [0.29, 0.717) is 13.0 Å². The second-order valence-corrected chi connectivity index (χ2v) is 8.29. The van der Waals surface area contributed by atoms with Crippen LogP contribution in [0, 0.1) is 0 Å². The van der Waals surface area contributed by atoms with Crippen molar-refractivity contribution in [3.05, 3.63) is 0 Å². The van der Waals surface area contributed by atoms with Crippen LogP contribution in [0.5, 0.6) is 0 Å². The third kappa shape index (κ3) is 18.8. The Morgan fingerprint density at radius 2 is 1.10 bits per heavy atom. The zero-order valence-electron chi connectivity index (χ0n) is 20.8. The average molecular weight is 414 g/mol. The van der Waals surface area contributed by atoms with Gasteiger partial charge in [-0.2, -0.15) is 0 Å². The van der Waals surface area contributed by atoms with E-state index in [1.165, 1.54) is 64.2 Å². The molecule has 0 rings (SSSR count). The average Bonchev–Trinajstić information content (AvgIpc) is 2.75. The molecule has 0 aromatic carbocycles. The number of hydrogen-bond donors (Lipinski definition) is 1. The van der Waals surface area contributed by atoms with Gasteiger partial charge in [-0.3, -0.25) is 9.59 Å². The number of rotatable bonds is 19. The molecule has 0 aromatic heterocycles. The summed E-state index contributed by atoms with van der Waals surface area (Å²) in [7, 11) is 2.18. The summed E-state index contributed by atoms with van der Waals surface area (Å²) in [6.07, 6.45) is 15.7. The lowest BCUT2D eigenvalue weighted by Gasteiger charge is -2.32. The van der Waals surface area contributed by atoms with Crippen molar-refractivity contribution >= 4 is 11.7 Å². The Bertz CT molecular complexity index is 379. The van der Waals surface area contributed by atoms with Gasteiger partial charge in [0.2, 0.25) is 5.78 Å². The van der Waals surface area contributed by atoms with E-state index >= 15 is 0 Å². The number of unbranched alkanes of at least 4 members (excludes halogenated alkanes) is 11. The normalized spacial score (nSPS) is 11.0. The zero-order chi connectivity index (χ0) is 22.4. The fourth-order valence-corrected chi connectivity index (χ4v) is 3.32. The molecule has 0 unspecified atom stereocenters. The Labute approximate surface area is 182 Å². The zero-order valence-corrected chi connectivity index (χ0v) is 20.8. The molecule has 0 aliphatic carbocycles. The van der Waals surface area contributed by atoms with Gasteiger partial charge in [0, 0.05) is 6.42 Å². The smallest absolute Gasteiger partial charge is 0.287 e. The van der Waals surface area contributed by atoms with Gasteiger partial charge in [-0.05, 0) is 20.3 Å². The maximum atomic E-state index is 11.9. The molecule has 0 heterocycles. The Hall–Kier alpha value is -0.900. The topological polar surface area (TPSA) is 46.2 Å². The molecule has 0 aliphatic rings. The van der Waals surface area contributed by atoms with Crippen LogP contribution in [0.4, 0.5) is 0 Å². The molecule has 0 atom stereocenters. The van der Waals surface area contributed by atoms with Crippen molar-refractivity contribution in [2.24, 2.45) is 0 Å². The second-order valence-electron chi connectivity index (χ2n) is 8.29. The number of amides is 1. The fraction of sp³-hybridized carbons (Fsp3) is 0.920. The lowest BCUT2D eigenvalue weighted by atomic mass is 10.0. The SMILES string of the molecule is CC.CCCCCCCCCCCCCCC(=O)C(=O)NCC[N+](C)(CC)CC. The van der Waals surface area contributed by atoms with E-state index in [9.17, 15) is 9.59 Å². The van der Waals surface area contributed by atoms with E-state index in [4.69, 9.17) is 0 Å². The van der Waals surface area contributed by atoms with Gasteiger partial charge in [0.25, 0.3) is 5.91 Å². The summed E-state index contributed by atoms with van der Waals surface area (Å²) in [5.74, 6) is -0.638. The van der Waals surface area contributed by atoms with Crippen molar-refractivity contribution in [3.63, 3.8) is 0 Å². The number of carbonyl (C=O) groups excluding carboxylic acids is 2. The van der Waals surface area contributed by atoms with Crippen molar-refractivity contribution in [2.75, 3.05) is 33.2 Å². The lowest BCUT2D eigenvalue weighted by Crippen LogP contribution is -2.48. The van der Waals surface area contributed by atoms with Crippen LogP contribution in [0.15, 0.2) is 0 Å². The van der Waals surface area contributed by atoms with Crippen LogP contribution in [0.1, 0.15) is 118 Å². The summed E-state index contributed by atoms with van der Waals surface area (Å²) in [6, 6.07) is 0. The molecule has 1 N–H and O–H groups in total. The van der Waals surface area contributed by atoms with E-state index in [2.05, 4.69) is 33.1 Å². The number of nitrogens with zero attached hydrogens (tertiary/aromatic N) is 1. The highest BCUT2D eigenvalue weighted by molar-refractivity contribution is 6.36. The van der Waals surface area contributed by atoms with Gasteiger partial charge in [-0.25, -0.2) is 0 Å². The Morgan fingerprint density at radius 3 is 1.52 bits per heavy atom. The first-order valence-corrected chi connectivity index (χ1v) is 12.6. The van der Waals surface area contributed by atoms with Crippen molar-refractivity contribution in [3.8, 4) is 0 Å². The monoisotopic (exact) mass is 413 g/mol. The predicted octanol–water partition coefficient (Wildman–Crippen LogP) is 6.28. The number of hydrogen-bond acceptors (Lipinski definition) is 2. The molecule has 0 radical (unpaired) electrons. The first-order chi connectivity index (χ1) is 14.0. The van der Waals surface area contributed by atoms with Crippen LogP contribution in [-0.4, -0.2) is 49.4 Å². The van der Waals surface area contributed by atoms with Crippen molar-refractivity contribution in [2.45, 2.75) is 118 Å². The number of carbonyl (C=O) groups is 2. The molecule has 1 amide bonds. The first-order valence-electron chi connectivity index (χ1n) is 12.6. The summed E-state index contributed by atoms with van der Waals surface area (Å²) in [5.41, 5.74) is 0. The van der Waals surface area contributed by atoms with Crippen LogP contribution >= 0.6 is 0 Å². The first kappa shape index (κ1) is 30.3. The van der Waals surface area contributed by atoms with Gasteiger partial charge in [-0.15, -0.1) is 0 Å². The van der Waals surface area contributed by atoms with E-state index < -0.39 is 5.91 Å². The molecular formula is C25H53N2O2+. The molecule has 0 bridgehead atoms. The molecule has 0 fully saturated rings. The minimum atomic E-state index is -0.392. The molecule has 4 nitrogen and oxygen atoms in total. The third-order valence-corrected chi connectivity index (χ3v) is 5.97. The minimum absolute atomic E-state index is 0.246. The number of ketones is 1. The summed E-state index contributed by atoms with van der Waals surface area (Å²) >= 11 is 0. The van der Waals surface area contributed by atoms with E-state index in [0.717, 1.165) is 37.0 Å². The summed E-state index contributed by atoms with van der Waals surface area (Å²) in [4.78, 5) is 23.8. The van der Waals surface area contributed by atoms with Gasteiger partial charge in [0.15, 0.2) is 0 Å². The highest BCUT2D eigenvalue weighted by atomic mass is 16.2.